The molecular weight excluding hydrogens is 244 g/mol. The molecule has 1 heterocycles. The number of amides is 2. The van der Waals surface area contributed by atoms with Gasteiger partial charge in [-0.1, -0.05) is 6.42 Å². The quantitative estimate of drug-likeness (QED) is 0.802. The third kappa shape index (κ3) is 3.93. The van der Waals surface area contributed by atoms with Crippen LogP contribution in [-0.4, -0.2) is 50.1 Å². The van der Waals surface area contributed by atoms with Crippen LogP contribution in [0.5, 0.6) is 0 Å². The molecule has 2 fully saturated rings. The lowest BCUT2D eigenvalue weighted by molar-refractivity contribution is -0.136. The molecule has 1 N–H and O–H groups in total. The summed E-state index contributed by atoms with van der Waals surface area (Å²) < 4.78 is 4.88. The normalized spacial score (nSPS) is 23.8. The van der Waals surface area contributed by atoms with Gasteiger partial charge in [-0.3, -0.25) is 9.59 Å². The predicted molar refractivity (Wildman–Crippen MR) is 71.5 cm³/mol. The Morgan fingerprint density at radius 2 is 2.05 bits per heavy atom. The van der Waals surface area contributed by atoms with E-state index < -0.39 is 0 Å². The van der Waals surface area contributed by atoms with E-state index in [1.54, 1.807) is 0 Å². The van der Waals surface area contributed by atoms with Gasteiger partial charge in [0.25, 0.3) is 0 Å². The summed E-state index contributed by atoms with van der Waals surface area (Å²) >= 11 is 0. The van der Waals surface area contributed by atoms with Gasteiger partial charge in [-0.05, 0) is 31.6 Å². The van der Waals surface area contributed by atoms with Crippen LogP contribution in [0.15, 0.2) is 0 Å². The van der Waals surface area contributed by atoms with Crippen molar-refractivity contribution in [1.29, 1.82) is 0 Å². The fourth-order valence-electron chi connectivity index (χ4n) is 2.73. The van der Waals surface area contributed by atoms with E-state index in [-0.39, 0.29) is 24.3 Å². The van der Waals surface area contributed by atoms with Crippen LogP contribution < -0.4 is 5.32 Å². The highest BCUT2D eigenvalue weighted by Gasteiger charge is 2.27. The molecule has 0 aromatic carbocycles. The van der Waals surface area contributed by atoms with E-state index in [1.807, 2.05) is 4.90 Å². The second-order valence-corrected chi connectivity index (χ2v) is 5.65. The molecule has 2 aliphatic rings. The molecule has 1 saturated heterocycles. The maximum absolute atomic E-state index is 11.8. The zero-order valence-corrected chi connectivity index (χ0v) is 11.7. The van der Waals surface area contributed by atoms with Gasteiger partial charge >= 0.3 is 0 Å². The Balaban J connectivity index is 1.71. The van der Waals surface area contributed by atoms with Crippen molar-refractivity contribution in [2.75, 3.05) is 33.4 Å². The fourth-order valence-corrected chi connectivity index (χ4v) is 2.73. The lowest BCUT2D eigenvalue weighted by atomic mass is 9.84. The van der Waals surface area contributed by atoms with Crippen LogP contribution in [0.3, 0.4) is 0 Å². The molecule has 0 bridgehead atoms. The number of nitrogens with zero attached hydrogens (tertiary/aromatic N) is 1. The van der Waals surface area contributed by atoms with Gasteiger partial charge in [0, 0.05) is 32.7 Å². The van der Waals surface area contributed by atoms with Gasteiger partial charge in [0.15, 0.2) is 0 Å². The topological polar surface area (TPSA) is 58.6 Å². The first-order valence-corrected chi connectivity index (χ1v) is 7.25. The Morgan fingerprint density at radius 3 is 2.68 bits per heavy atom. The Morgan fingerprint density at radius 1 is 1.26 bits per heavy atom. The first-order valence-electron chi connectivity index (χ1n) is 7.25. The Labute approximate surface area is 114 Å². The highest BCUT2D eigenvalue weighted by Crippen LogP contribution is 2.26. The molecule has 108 valence electrons. The number of methoxy groups -OCH3 is 1. The maximum atomic E-state index is 11.8. The first kappa shape index (κ1) is 14.3. The molecular formula is C14H24N2O3. The van der Waals surface area contributed by atoms with Crippen molar-refractivity contribution in [3.05, 3.63) is 0 Å². The van der Waals surface area contributed by atoms with E-state index >= 15 is 0 Å². The highest BCUT2D eigenvalue weighted by molar-refractivity contribution is 5.79. The van der Waals surface area contributed by atoms with Gasteiger partial charge in [0.1, 0.15) is 6.61 Å². The van der Waals surface area contributed by atoms with Crippen molar-refractivity contribution in [3.8, 4) is 0 Å². The fraction of sp³-hybridized carbons (Fsp3) is 0.857. The number of hydrogen-bond donors (Lipinski definition) is 1. The average Bonchev–Trinajstić information content (AvgIpc) is 2.35. The summed E-state index contributed by atoms with van der Waals surface area (Å²) in [6.07, 6.45) is 5.35. The standard InChI is InChI=1S/C14H24N2O3/c1-19-10-13(17)16-7-3-4-11(9-16)8-15-14(18)12-5-2-6-12/h11-12H,2-10H2,1H3,(H,15,18). The molecule has 5 heteroatoms. The molecule has 5 nitrogen and oxygen atoms in total. The minimum absolute atomic E-state index is 0.0533. The minimum atomic E-state index is 0.0533. The van der Waals surface area contributed by atoms with E-state index in [4.69, 9.17) is 4.74 Å². The SMILES string of the molecule is COCC(=O)N1CCCC(CNC(=O)C2CCC2)C1. The van der Waals surface area contributed by atoms with Crippen molar-refractivity contribution in [2.24, 2.45) is 11.8 Å². The summed E-state index contributed by atoms with van der Waals surface area (Å²) in [4.78, 5) is 25.4. The monoisotopic (exact) mass is 268 g/mol. The molecule has 1 aliphatic carbocycles. The Bertz CT molecular complexity index is 329. The lowest BCUT2D eigenvalue weighted by Gasteiger charge is -2.33. The molecule has 0 radical (unpaired) electrons. The van der Waals surface area contributed by atoms with Crippen molar-refractivity contribution in [3.63, 3.8) is 0 Å². The number of hydrogen-bond acceptors (Lipinski definition) is 3. The van der Waals surface area contributed by atoms with Gasteiger partial charge in [0.2, 0.25) is 11.8 Å². The number of carbonyl (C=O) groups excluding carboxylic acids is 2. The molecule has 1 aliphatic heterocycles. The smallest absolute Gasteiger partial charge is 0.248 e. The van der Waals surface area contributed by atoms with Crippen molar-refractivity contribution in [2.45, 2.75) is 32.1 Å². The number of likely N-dealkylation sites (tertiary alicyclic amines) is 1. The molecule has 19 heavy (non-hydrogen) atoms. The van der Waals surface area contributed by atoms with Crippen LogP contribution >= 0.6 is 0 Å². The summed E-state index contributed by atoms with van der Waals surface area (Å²) in [6, 6.07) is 0. The average molecular weight is 268 g/mol. The number of rotatable bonds is 5. The highest BCUT2D eigenvalue weighted by atomic mass is 16.5. The van der Waals surface area contributed by atoms with Crippen molar-refractivity contribution < 1.29 is 14.3 Å². The van der Waals surface area contributed by atoms with Crippen LogP contribution in [0.4, 0.5) is 0 Å². The number of piperidine rings is 1. The van der Waals surface area contributed by atoms with Crippen LogP contribution in [0.1, 0.15) is 32.1 Å². The molecule has 1 atom stereocenters. The third-order valence-electron chi connectivity index (χ3n) is 4.18. The zero-order valence-electron chi connectivity index (χ0n) is 11.7. The van der Waals surface area contributed by atoms with Gasteiger partial charge in [0.05, 0.1) is 0 Å². The zero-order chi connectivity index (χ0) is 13.7. The van der Waals surface area contributed by atoms with E-state index in [1.165, 1.54) is 13.5 Å². The third-order valence-corrected chi connectivity index (χ3v) is 4.18. The minimum Gasteiger partial charge on any atom is -0.375 e. The van der Waals surface area contributed by atoms with Crippen molar-refractivity contribution in [1.82, 2.24) is 10.2 Å². The van der Waals surface area contributed by atoms with Crippen LogP contribution in [-0.2, 0) is 14.3 Å². The van der Waals surface area contributed by atoms with Crippen LogP contribution in [0.25, 0.3) is 0 Å². The molecule has 1 saturated carbocycles. The summed E-state index contributed by atoms with van der Waals surface area (Å²) in [6.45, 7) is 2.41. The molecule has 0 spiro atoms. The first-order chi connectivity index (χ1) is 9.20. The van der Waals surface area contributed by atoms with E-state index in [0.717, 1.165) is 38.8 Å². The van der Waals surface area contributed by atoms with Crippen LogP contribution in [0, 0.1) is 11.8 Å². The Kier molecular flexibility index (Phi) is 5.19. The lowest BCUT2D eigenvalue weighted by Crippen LogP contribution is -2.46. The van der Waals surface area contributed by atoms with E-state index in [0.29, 0.717) is 12.5 Å². The van der Waals surface area contributed by atoms with Gasteiger partial charge in [-0.15, -0.1) is 0 Å². The second kappa shape index (κ2) is 6.89. The maximum Gasteiger partial charge on any atom is 0.248 e. The summed E-state index contributed by atoms with van der Waals surface area (Å²) in [5.41, 5.74) is 0. The van der Waals surface area contributed by atoms with Crippen molar-refractivity contribution >= 4 is 11.8 Å². The van der Waals surface area contributed by atoms with E-state index in [2.05, 4.69) is 5.32 Å². The molecule has 2 rings (SSSR count). The largest absolute Gasteiger partial charge is 0.375 e. The molecule has 1 unspecified atom stereocenters. The van der Waals surface area contributed by atoms with Crippen LogP contribution in [0.2, 0.25) is 0 Å². The number of ether oxygens (including phenoxy) is 1. The van der Waals surface area contributed by atoms with E-state index in [9.17, 15) is 9.59 Å². The second-order valence-electron chi connectivity index (χ2n) is 5.65. The molecule has 0 aromatic rings. The molecule has 0 aromatic heterocycles. The van der Waals surface area contributed by atoms with Gasteiger partial charge in [-0.2, -0.15) is 0 Å². The summed E-state index contributed by atoms with van der Waals surface area (Å²) in [5.74, 6) is 0.887. The predicted octanol–water partition coefficient (Wildman–Crippen LogP) is 0.788. The number of carbonyl (C=O) groups is 2. The summed E-state index contributed by atoms with van der Waals surface area (Å²) in [5, 5.41) is 3.04. The van der Waals surface area contributed by atoms with Gasteiger partial charge < -0.3 is 15.0 Å². The summed E-state index contributed by atoms with van der Waals surface area (Å²) in [7, 11) is 1.54. The number of nitrogens with one attached hydrogen (secondary N) is 1. The Hall–Kier alpha value is -1.10. The molecule has 2 amide bonds. The van der Waals surface area contributed by atoms with Gasteiger partial charge in [-0.25, -0.2) is 0 Å².